The summed E-state index contributed by atoms with van der Waals surface area (Å²) in [5.74, 6) is -1.59. The van der Waals surface area contributed by atoms with Gasteiger partial charge in [0.2, 0.25) is 5.76 Å². The summed E-state index contributed by atoms with van der Waals surface area (Å²) in [6, 6.07) is 16.9. The molecule has 2 unspecified atom stereocenters. The third kappa shape index (κ3) is 3.29. The van der Waals surface area contributed by atoms with Crippen LogP contribution in [-0.4, -0.2) is 36.0 Å². The number of amides is 2. The molecule has 2 amide bonds. The fraction of sp³-hybridized carbons (Fsp3) is 0.281. The first kappa shape index (κ1) is 24.7. The van der Waals surface area contributed by atoms with E-state index in [0.29, 0.717) is 34.4 Å². The highest BCUT2D eigenvalue weighted by molar-refractivity contribution is 6.17. The summed E-state index contributed by atoms with van der Waals surface area (Å²) in [6.45, 7) is 4.43. The van der Waals surface area contributed by atoms with E-state index in [9.17, 15) is 18.8 Å². The number of ether oxygens (including phenoxy) is 1. The highest BCUT2D eigenvalue weighted by atomic mass is 19.1. The average Bonchev–Trinajstić information content (AvgIpc) is 3.61. The summed E-state index contributed by atoms with van der Waals surface area (Å²) in [6.07, 6.45) is 1.29. The molecule has 0 radical (unpaired) electrons. The monoisotopic (exact) mass is 538 g/mol. The Morgan fingerprint density at radius 1 is 1.00 bits per heavy atom. The Kier molecular flexibility index (Phi) is 5.47. The maximum Gasteiger partial charge on any atom is 0.291 e. The van der Waals surface area contributed by atoms with Crippen LogP contribution >= 0.6 is 0 Å². The number of fused-ring (bicyclic) bond motifs is 5. The number of hydrogen-bond acceptors (Lipinski definition) is 5. The predicted octanol–water partition coefficient (Wildman–Crippen LogP) is 4.97. The molecular formula is C32H27FN2O5. The molecule has 3 aliphatic rings. The Morgan fingerprint density at radius 2 is 1.75 bits per heavy atom. The molecule has 4 aromatic rings. The van der Waals surface area contributed by atoms with Crippen LogP contribution in [-0.2, 0) is 21.6 Å². The van der Waals surface area contributed by atoms with Gasteiger partial charge in [0.05, 0.1) is 29.3 Å². The van der Waals surface area contributed by atoms with Gasteiger partial charge in [-0.3, -0.25) is 14.4 Å². The number of benzene rings is 3. The van der Waals surface area contributed by atoms with Gasteiger partial charge < -0.3 is 19.0 Å². The number of rotatable bonds is 4. The Morgan fingerprint density at radius 3 is 2.52 bits per heavy atom. The Bertz CT molecular complexity index is 1790. The second kappa shape index (κ2) is 8.86. The van der Waals surface area contributed by atoms with E-state index < -0.39 is 28.6 Å². The Balaban J connectivity index is 1.51. The van der Waals surface area contributed by atoms with E-state index in [2.05, 4.69) is 0 Å². The van der Waals surface area contributed by atoms with E-state index >= 15 is 0 Å². The first-order valence-electron chi connectivity index (χ1n) is 13.5. The summed E-state index contributed by atoms with van der Waals surface area (Å²) in [5, 5.41) is 0.311. The van der Waals surface area contributed by atoms with Crippen LogP contribution in [0.5, 0.6) is 0 Å². The lowest BCUT2D eigenvalue weighted by Gasteiger charge is -2.35. The van der Waals surface area contributed by atoms with E-state index in [4.69, 9.17) is 9.15 Å². The van der Waals surface area contributed by atoms with Crippen LogP contribution in [0.1, 0.15) is 51.2 Å². The number of carbonyl (C=O) groups excluding carboxylic acids is 2. The van der Waals surface area contributed by atoms with Crippen LogP contribution in [0, 0.1) is 19.7 Å². The predicted molar refractivity (Wildman–Crippen MR) is 147 cm³/mol. The topological polar surface area (TPSA) is 80.1 Å². The minimum atomic E-state index is -1.76. The van der Waals surface area contributed by atoms with Crippen LogP contribution in [0.25, 0.3) is 11.0 Å². The minimum Gasteiger partial charge on any atom is -0.450 e. The van der Waals surface area contributed by atoms with E-state index in [-0.39, 0.29) is 30.5 Å². The second-order valence-corrected chi connectivity index (χ2v) is 10.8. The van der Waals surface area contributed by atoms with Crippen molar-refractivity contribution in [2.75, 3.05) is 18.1 Å². The van der Waals surface area contributed by atoms with Gasteiger partial charge in [0.15, 0.2) is 11.0 Å². The first-order valence-corrected chi connectivity index (χ1v) is 13.5. The molecule has 1 spiro atoms. The smallest absolute Gasteiger partial charge is 0.291 e. The third-order valence-electron chi connectivity index (χ3n) is 8.55. The lowest BCUT2D eigenvalue weighted by molar-refractivity contribution is -0.126. The fourth-order valence-electron chi connectivity index (χ4n) is 6.44. The third-order valence-corrected chi connectivity index (χ3v) is 8.55. The van der Waals surface area contributed by atoms with Crippen molar-refractivity contribution in [3.8, 4) is 0 Å². The molecule has 1 fully saturated rings. The van der Waals surface area contributed by atoms with Gasteiger partial charge >= 0.3 is 0 Å². The van der Waals surface area contributed by atoms with Gasteiger partial charge in [0, 0.05) is 24.3 Å². The number of aryl methyl sites for hydroxylation is 2. The molecule has 4 heterocycles. The molecular weight excluding hydrogens is 511 g/mol. The summed E-state index contributed by atoms with van der Waals surface area (Å²) in [7, 11) is 0. The normalized spacial score (nSPS) is 21.6. The average molecular weight is 539 g/mol. The number of halogens is 1. The number of para-hydroxylation sites is 1. The van der Waals surface area contributed by atoms with Crippen molar-refractivity contribution in [2.24, 2.45) is 0 Å². The molecule has 2 atom stereocenters. The summed E-state index contributed by atoms with van der Waals surface area (Å²) in [5.41, 5.74) is 1.31. The van der Waals surface area contributed by atoms with Gasteiger partial charge in [-0.2, -0.15) is 0 Å². The largest absolute Gasteiger partial charge is 0.450 e. The van der Waals surface area contributed by atoms with Crippen LogP contribution < -0.4 is 10.3 Å². The lowest BCUT2D eigenvalue weighted by Crippen LogP contribution is -2.55. The summed E-state index contributed by atoms with van der Waals surface area (Å²) >= 11 is 0. The quantitative estimate of drug-likeness (QED) is 0.367. The zero-order valence-electron chi connectivity index (χ0n) is 22.2. The number of nitrogens with zero attached hydrogens (tertiary/aromatic N) is 2. The molecule has 0 saturated carbocycles. The standard InChI is InChI=1S/C32H27FN2O5/c1-18-14-22-26(15-19(18)2)40-29-27(28(22)36)32(35(30(29)37)17-21-9-7-13-39-21)23-10-4-6-12-25(23)34(31(32)38)16-20-8-3-5-11-24(20)33/h3-6,8,10-12,14-15,21H,7,9,13,16-17H2,1-2H3. The van der Waals surface area contributed by atoms with Crippen molar-refractivity contribution in [2.45, 2.75) is 44.9 Å². The summed E-state index contributed by atoms with van der Waals surface area (Å²) in [4.78, 5) is 46.2. The van der Waals surface area contributed by atoms with Crippen LogP contribution in [0.4, 0.5) is 10.1 Å². The Labute approximate surface area is 229 Å². The van der Waals surface area contributed by atoms with E-state index in [0.717, 1.165) is 24.0 Å². The number of carbonyl (C=O) groups is 2. The molecule has 0 bridgehead atoms. The maximum atomic E-state index is 14.8. The van der Waals surface area contributed by atoms with Crippen LogP contribution in [0.3, 0.4) is 0 Å². The van der Waals surface area contributed by atoms with Gasteiger partial charge in [0.1, 0.15) is 11.4 Å². The van der Waals surface area contributed by atoms with E-state index in [1.807, 2.05) is 13.8 Å². The first-order chi connectivity index (χ1) is 19.3. The highest BCUT2D eigenvalue weighted by Gasteiger charge is 2.65. The molecule has 3 aliphatic heterocycles. The molecule has 1 saturated heterocycles. The van der Waals surface area contributed by atoms with Gasteiger partial charge in [-0.1, -0.05) is 36.4 Å². The van der Waals surface area contributed by atoms with Crippen molar-refractivity contribution < 1.29 is 23.1 Å². The Hall–Kier alpha value is -4.30. The van der Waals surface area contributed by atoms with E-state index in [1.54, 1.807) is 54.6 Å². The molecule has 7 nitrogen and oxygen atoms in total. The van der Waals surface area contributed by atoms with Crippen molar-refractivity contribution >= 4 is 28.5 Å². The summed E-state index contributed by atoms with van der Waals surface area (Å²) < 4.78 is 26.9. The van der Waals surface area contributed by atoms with Crippen molar-refractivity contribution in [1.29, 1.82) is 0 Å². The van der Waals surface area contributed by atoms with Crippen molar-refractivity contribution in [3.05, 3.63) is 110 Å². The maximum absolute atomic E-state index is 14.8. The molecule has 3 aromatic carbocycles. The molecule has 1 aromatic heterocycles. The highest BCUT2D eigenvalue weighted by Crippen LogP contribution is 2.53. The zero-order chi connectivity index (χ0) is 27.8. The molecule has 7 rings (SSSR count). The SMILES string of the molecule is Cc1cc2oc3c(c(=O)c2cc1C)C1(C(=O)N(Cc2ccccc2F)c2ccccc21)N(CC1CCCO1)C3=O. The number of hydrogen-bond donors (Lipinski definition) is 0. The van der Waals surface area contributed by atoms with Gasteiger partial charge in [-0.05, 0) is 62.1 Å². The van der Waals surface area contributed by atoms with Gasteiger partial charge in [-0.15, -0.1) is 0 Å². The molecule has 202 valence electrons. The fourth-order valence-corrected chi connectivity index (χ4v) is 6.44. The van der Waals surface area contributed by atoms with Gasteiger partial charge in [-0.25, -0.2) is 4.39 Å². The second-order valence-electron chi connectivity index (χ2n) is 10.8. The zero-order valence-corrected chi connectivity index (χ0v) is 22.2. The molecule has 8 heteroatoms. The molecule has 0 N–H and O–H groups in total. The van der Waals surface area contributed by atoms with E-state index in [1.165, 1.54) is 15.9 Å². The van der Waals surface area contributed by atoms with Gasteiger partial charge in [0.25, 0.3) is 11.8 Å². The minimum absolute atomic E-state index is 0.0136. The number of anilines is 1. The van der Waals surface area contributed by atoms with Crippen molar-refractivity contribution in [3.63, 3.8) is 0 Å². The molecule has 40 heavy (non-hydrogen) atoms. The lowest BCUT2D eigenvalue weighted by atomic mass is 9.83. The van der Waals surface area contributed by atoms with Crippen molar-refractivity contribution in [1.82, 2.24) is 4.90 Å². The van der Waals surface area contributed by atoms with Crippen LogP contribution in [0.2, 0.25) is 0 Å². The van der Waals surface area contributed by atoms with Crippen LogP contribution in [0.15, 0.2) is 69.9 Å². The molecule has 0 aliphatic carbocycles.